The second kappa shape index (κ2) is 40.9. The highest BCUT2D eigenvalue weighted by Crippen LogP contribution is 2.29. The molecule has 5 N–H and O–H groups in total. The largest absolute Gasteiger partial charge is 0.465 e. The molecule has 3 rings (SSSR count). The van der Waals surface area contributed by atoms with Crippen molar-refractivity contribution < 1.29 is 67.4 Å². The lowest BCUT2D eigenvalue weighted by Crippen LogP contribution is -2.63. The van der Waals surface area contributed by atoms with Gasteiger partial charge in [0.25, 0.3) is 0 Å². The van der Waals surface area contributed by atoms with Crippen LogP contribution in [0.3, 0.4) is 0 Å². The quantitative estimate of drug-likeness (QED) is 0.100. The van der Waals surface area contributed by atoms with Crippen LogP contribution in [0.25, 0.3) is 0 Å². The molecule has 2 fully saturated rings. The van der Waals surface area contributed by atoms with Crippen LogP contribution in [0.15, 0.2) is 24.7 Å². The summed E-state index contributed by atoms with van der Waals surface area (Å²) in [5.74, 6) is -9.36. The highest BCUT2D eigenvalue weighted by Gasteiger charge is 2.46. The van der Waals surface area contributed by atoms with Gasteiger partial charge in [-0.15, -0.1) is 0 Å². The Morgan fingerprint density at radius 2 is 1.00 bits per heavy atom. The van der Waals surface area contributed by atoms with Crippen LogP contribution in [0.4, 0.5) is 0 Å². The summed E-state index contributed by atoms with van der Waals surface area (Å²) in [5, 5.41) is 23.1. The Kier molecular flexibility index (Phi) is 36.2. The van der Waals surface area contributed by atoms with E-state index in [4.69, 9.17) is 4.74 Å². The predicted octanol–water partition coefficient (Wildman–Crippen LogP) is 4.43. The fourth-order valence-corrected chi connectivity index (χ4v) is 12.8. The minimum atomic E-state index is -1.61. The van der Waals surface area contributed by atoms with E-state index < -0.39 is 156 Å². The first-order valence-corrected chi connectivity index (χ1v) is 35.9. The zero-order valence-corrected chi connectivity index (χ0v) is 65.2. The van der Waals surface area contributed by atoms with Crippen LogP contribution >= 0.6 is 0 Å². The predicted molar refractivity (Wildman–Crippen MR) is 384 cm³/mol. The Morgan fingerprint density at radius 3 is 1.47 bits per heavy atom. The molecule has 0 radical (unpaired) electrons. The van der Waals surface area contributed by atoms with E-state index in [1.165, 1.54) is 87.7 Å². The maximum atomic E-state index is 15.1. The molecule has 568 valence electrons. The van der Waals surface area contributed by atoms with Gasteiger partial charge in [-0.25, -0.2) is 4.98 Å². The molecular formula is C73H127N13O14. The van der Waals surface area contributed by atoms with Gasteiger partial charge in [0.15, 0.2) is 0 Å². The van der Waals surface area contributed by atoms with Gasteiger partial charge in [-0.05, 0) is 114 Å². The fraction of sp³-hybridized carbons (Fsp3) is 0.767. The molecule has 27 nitrogen and oxygen atoms in total. The topological polar surface area (TPSA) is 323 Å². The standard InChI is InChI=1S/C62H111N11O12.C11H16N2O2/c1-25-27-28-40(15)52(75)51-56(79)65-43(26-2)58(81)67(18)33-48(74)68(19)44(29-34(3)4)55(78)66-49(38(11)12)61(84)69(20)45(30-35(5)6)54(77)63-41(16)53(76)64-42(17)57(80)70(21)46(31-36(7)8)59(82)71(22)47(32-37(9)10)60(83)72(23)50(39(13)14)62(85)73(51)24;1-3-10-8(6-15-11(10)14)4-9-5-12-7-13(9)2/h25,27,34-47,49-52,75H,26,28-33H2,1-24H3,(H,63,77)(H,64,76)(H,65,79)(H,66,78);5,7-8,10H,3-4,6H2,1-2H3/b27-25+;/t40-,41+,42-,43+,44+,45+,46+,47+,49+,50+,51+,52-;8-,10-/m10/s1. The number of aliphatic hydroxyl groups is 1. The maximum absolute atomic E-state index is 15.1. The SMILES string of the molecule is C/C=C/C[C@@H](C)[C@@H](O)[C@H]1C(=O)N[C@@H](CC)C(=O)N(C)CC(=O)N(C)[C@@H](CC(C)C)C(=O)N[C@@H](C(C)C)C(=O)N(C)[C@@H](CC(C)C)C(=O)N[C@@H](C)C(=O)N[C@H](C)C(=O)N(C)[C@@H](CC(C)C)C(=O)N(C)[C@@H](CC(C)C)C(=O)N(C)[C@@H](C(C)C)C(=O)N1C.CC[C@@H]1C(=O)OC[C@@H]1Cc1cncn1C. The van der Waals surface area contributed by atoms with Gasteiger partial charge in [0.05, 0.1) is 31.5 Å². The summed E-state index contributed by atoms with van der Waals surface area (Å²) in [6, 6.07) is -12.3. The van der Waals surface area contributed by atoms with Gasteiger partial charge in [0, 0.05) is 74.2 Å². The van der Waals surface area contributed by atoms with E-state index in [0.717, 1.165) is 28.3 Å². The van der Waals surface area contributed by atoms with Crippen LogP contribution in [0.1, 0.15) is 175 Å². The molecule has 27 heteroatoms. The number of aliphatic hydroxyl groups excluding tert-OH is 1. The Morgan fingerprint density at radius 1 is 0.530 bits per heavy atom. The van der Waals surface area contributed by atoms with E-state index >= 15 is 9.59 Å². The molecule has 2 saturated heterocycles. The van der Waals surface area contributed by atoms with Crippen molar-refractivity contribution in [1.82, 2.24) is 65.1 Å². The van der Waals surface area contributed by atoms with Crippen molar-refractivity contribution in [2.24, 2.45) is 60.3 Å². The zero-order valence-electron chi connectivity index (χ0n) is 65.2. The number of amides is 11. The molecule has 0 aliphatic carbocycles. The minimum Gasteiger partial charge on any atom is -0.465 e. The molecule has 0 saturated carbocycles. The number of carbonyl (C=O) groups is 12. The normalized spacial score (nSPS) is 26.7. The van der Waals surface area contributed by atoms with E-state index in [9.17, 15) is 53.1 Å². The van der Waals surface area contributed by atoms with Crippen LogP contribution in [0.5, 0.6) is 0 Å². The number of esters is 1. The second-order valence-electron chi connectivity index (χ2n) is 30.2. The fourth-order valence-electron chi connectivity index (χ4n) is 12.8. The number of carbonyl (C=O) groups excluding carboxylic acids is 12. The van der Waals surface area contributed by atoms with Crippen molar-refractivity contribution in [2.45, 2.75) is 243 Å². The first kappa shape index (κ1) is 88.6. The number of aryl methyl sites for hydroxylation is 1. The van der Waals surface area contributed by atoms with Crippen LogP contribution in [0.2, 0.25) is 0 Å². The Balaban J connectivity index is 0.00000197. The van der Waals surface area contributed by atoms with Crippen molar-refractivity contribution in [1.29, 1.82) is 0 Å². The second-order valence-corrected chi connectivity index (χ2v) is 30.2. The summed E-state index contributed by atoms with van der Waals surface area (Å²) in [5.41, 5.74) is 1.16. The minimum absolute atomic E-state index is 0.0229. The maximum Gasteiger partial charge on any atom is 0.309 e. The van der Waals surface area contributed by atoms with Crippen LogP contribution in [0, 0.1) is 53.3 Å². The van der Waals surface area contributed by atoms with E-state index in [2.05, 4.69) is 26.3 Å². The number of aromatic nitrogens is 2. The van der Waals surface area contributed by atoms with Gasteiger partial charge in [0.1, 0.15) is 60.4 Å². The lowest BCUT2D eigenvalue weighted by atomic mass is 9.89. The number of nitrogens with one attached hydrogen (secondary N) is 4. The number of cyclic esters (lactones) is 1. The van der Waals surface area contributed by atoms with Crippen molar-refractivity contribution >= 4 is 70.9 Å². The molecule has 2 aliphatic rings. The molecule has 14 atom stereocenters. The van der Waals surface area contributed by atoms with E-state index in [0.29, 0.717) is 18.9 Å². The number of hydrogen-bond acceptors (Lipinski definition) is 15. The Labute approximate surface area is 596 Å². The lowest BCUT2D eigenvalue weighted by molar-refractivity contribution is -0.157. The summed E-state index contributed by atoms with van der Waals surface area (Å²) < 4.78 is 7.08. The van der Waals surface area contributed by atoms with E-state index in [1.807, 2.05) is 86.2 Å². The van der Waals surface area contributed by atoms with Crippen LogP contribution < -0.4 is 21.3 Å². The Bertz CT molecular complexity index is 2950. The molecule has 1 aromatic heterocycles. The summed E-state index contributed by atoms with van der Waals surface area (Å²) in [4.78, 5) is 184. The molecular weight excluding hydrogens is 1280 g/mol. The van der Waals surface area contributed by atoms with Crippen LogP contribution in [-0.4, -0.2) is 249 Å². The van der Waals surface area contributed by atoms with Crippen molar-refractivity contribution in [3.8, 4) is 0 Å². The number of nitrogens with zero attached hydrogens (tertiary/aromatic N) is 9. The summed E-state index contributed by atoms with van der Waals surface area (Å²) in [7, 11) is 11.9. The highest BCUT2D eigenvalue weighted by molar-refractivity contribution is 5.99. The number of imidazole rings is 1. The zero-order chi connectivity index (χ0) is 76.8. The average Bonchev–Trinajstić information content (AvgIpc) is 0.994. The van der Waals surface area contributed by atoms with E-state index in [1.54, 1.807) is 60.9 Å². The lowest BCUT2D eigenvalue weighted by Gasteiger charge is -2.41. The molecule has 11 amide bonds. The molecule has 3 heterocycles. The number of likely N-dealkylation sites (N-methyl/N-ethyl adjacent to an activating group) is 7. The summed E-state index contributed by atoms with van der Waals surface area (Å²) in [6.07, 6.45) is 8.42. The molecule has 0 unspecified atom stereocenters. The van der Waals surface area contributed by atoms with Gasteiger partial charge >= 0.3 is 5.97 Å². The first-order valence-electron chi connectivity index (χ1n) is 35.9. The monoisotopic (exact) mass is 1410 g/mol. The number of allylic oxidation sites excluding steroid dienone is 2. The molecule has 2 aliphatic heterocycles. The van der Waals surface area contributed by atoms with Crippen molar-refractivity contribution in [2.75, 3.05) is 62.5 Å². The molecule has 0 aromatic carbocycles. The van der Waals surface area contributed by atoms with Crippen molar-refractivity contribution in [3.63, 3.8) is 0 Å². The van der Waals surface area contributed by atoms with Crippen LogP contribution in [-0.2, 0) is 75.7 Å². The number of ether oxygens (including phenoxy) is 1. The number of hydrogen-bond donors (Lipinski definition) is 5. The molecule has 0 bridgehead atoms. The average molecular weight is 1410 g/mol. The molecule has 100 heavy (non-hydrogen) atoms. The van der Waals surface area contributed by atoms with Gasteiger partial charge in [0.2, 0.25) is 65.0 Å². The molecule has 1 aromatic rings. The highest BCUT2D eigenvalue weighted by atomic mass is 16.5. The van der Waals surface area contributed by atoms with E-state index in [-0.39, 0.29) is 67.7 Å². The van der Waals surface area contributed by atoms with Gasteiger partial charge in [-0.3, -0.25) is 57.5 Å². The smallest absolute Gasteiger partial charge is 0.309 e. The third-order valence-electron chi connectivity index (χ3n) is 19.2. The Hall–Kier alpha value is -7.45. The summed E-state index contributed by atoms with van der Waals surface area (Å²) in [6.45, 7) is 31.9. The van der Waals surface area contributed by atoms with Crippen molar-refractivity contribution in [3.05, 3.63) is 30.4 Å². The molecule has 0 spiro atoms. The third-order valence-corrected chi connectivity index (χ3v) is 19.2. The van der Waals surface area contributed by atoms with Gasteiger partial charge in [-0.2, -0.15) is 0 Å². The third kappa shape index (κ3) is 24.7. The van der Waals surface area contributed by atoms with Gasteiger partial charge in [-0.1, -0.05) is 116 Å². The van der Waals surface area contributed by atoms with Gasteiger partial charge < -0.3 is 70.0 Å². The first-order chi connectivity index (χ1) is 46.4. The summed E-state index contributed by atoms with van der Waals surface area (Å²) >= 11 is 0. The number of rotatable bonds is 18.